The molecule has 1 unspecified atom stereocenters. The Labute approximate surface area is 181 Å². The molecule has 2 aromatic rings. The summed E-state index contributed by atoms with van der Waals surface area (Å²) in [6.07, 6.45) is 3.92. The second-order valence-electron chi connectivity index (χ2n) is 6.57. The van der Waals surface area contributed by atoms with Crippen LogP contribution in [0.2, 0.25) is 0 Å². The summed E-state index contributed by atoms with van der Waals surface area (Å²) in [7, 11) is -2.96. The van der Waals surface area contributed by atoms with E-state index in [0.717, 1.165) is 5.56 Å². The van der Waals surface area contributed by atoms with Gasteiger partial charge in [-0.3, -0.25) is 0 Å². The number of hydrogen-bond acceptors (Lipinski definition) is 4. The van der Waals surface area contributed by atoms with E-state index in [1.807, 2.05) is 19.9 Å². The Kier molecular flexibility index (Phi) is 7.81. The van der Waals surface area contributed by atoms with Gasteiger partial charge in [0.2, 0.25) is 0 Å². The first kappa shape index (κ1) is 22.6. The monoisotopic (exact) mass is 521 g/mol. The van der Waals surface area contributed by atoms with Gasteiger partial charge in [0, 0.05) is 25.0 Å². The highest BCUT2D eigenvalue weighted by molar-refractivity contribution is 14.0. The van der Waals surface area contributed by atoms with Crippen LogP contribution < -0.4 is 10.6 Å². The maximum Gasteiger partial charge on any atom is 0.191 e. The molecule has 3 rings (SSSR count). The summed E-state index contributed by atoms with van der Waals surface area (Å²) in [6, 6.07) is 4.85. The third-order valence-electron chi connectivity index (χ3n) is 4.43. The van der Waals surface area contributed by atoms with Crippen molar-refractivity contribution >= 4 is 39.8 Å². The van der Waals surface area contributed by atoms with Gasteiger partial charge in [0.05, 0.1) is 23.7 Å². The van der Waals surface area contributed by atoms with E-state index in [-0.39, 0.29) is 53.9 Å². The second kappa shape index (κ2) is 9.68. The zero-order chi connectivity index (χ0) is 19.4. The van der Waals surface area contributed by atoms with Crippen LogP contribution in [0.15, 0.2) is 35.6 Å². The fraction of sp³-hybridized carbons (Fsp3) is 0.444. The minimum atomic E-state index is -2.96. The van der Waals surface area contributed by atoms with Crippen molar-refractivity contribution in [2.24, 2.45) is 4.99 Å². The molecule has 0 radical (unpaired) electrons. The molecule has 0 spiro atoms. The summed E-state index contributed by atoms with van der Waals surface area (Å²) in [4.78, 5) is 8.57. The Morgan fingerprint density at radius 1 is 1.43 bits per heavy atom. The fourth-order valence-electron chi connectivity index (χ4n) is 3.07. The van der Waals surface area contributed by atoms with E-state index in [1.54, 1.807) is 23.0 Å². The number of aryl methyl sites for hydroxylation is 1. The van der Waals surface area contributed by atoms with Gasteiger partial charge < -0.3 is 15.2 Å². The SMILES string of the molecule is CCNC(=NCc1ccc(-n2ccnc2C)c(F)c1)NC1CCS(=O)(=O)C1.I. The average Bonchev–Trinajstić information content (AvgIpc) is 3.18. The molecule has 1 saturated heterocycles. The van der Waals surface area contributed by atoms with Crippen molar-refractivity contribution in [1.82, 2.24) is 20.2 Å². The summed E-state index contributed by atoms with van der Waals surface area (Å²) in [5.41, 5.74) is 1.17. The molecule has 154 valence electrons. The van der Waals surface area contributed by atoms with Gasteiger partial charge in [-0.25, -0.2) is 22.8 Å². The van der Waals surface area contributed by atoms with Crippen LogP contribution in [0.5, 0.6) is 0 Å². The number of aromatic nitrogens is 2. The molecule has 2 N–H and O–H groups in total. The predicted molar refractivity (Wildman–Crippen MR) is 119 cm³/mol. The van der Waals surface area contributed by atoms with Crippen LogP contribution in [0.25, 0.3) is 5.69 Å². The van der Waals surface area contributed by atoms with Gasteiger partial charge >= 0.3 is 0 Å². The van der Waals surface area contributed by atoms with Crippen LogP contribution in [0, 0.1) is 12.7 Å². The molecule has 7 nitrogen and oxygen atoms in total. The Bertz CT molecular complexity index is 945. The van der Waals surface area contributed by atoms with E-state index in [2.05, 4.69) is 20.6 Å². The van der Waals surface area contributed by atoms with Gasteiger partial charge in [-0.15, -0.1) is 24.0 Å². The summed E-state index contributed by atoms with van der Waals surface area (Å²) in [5.74, 6) is 1.22. The van der Waals surface area contributed by atoms with Crippen LogP contribution in [-0.4, -0.2) is 48.0 Å². The highest BCUT2D eigenvalue weighted by Gasteiger charge is 2.28. The molecule has 2 heterocycles. The molecule has 10 heteroatoms. The summed E-state index contributed by atoms with van der Waals surface area (Å²) in [5, 5.41) is 6.25. The minimum Gasteiger partial charge on any atom is -0.357 e. The molecule has 1 atom stereocenters. The van der Waals surface area contributed by atoms with Gasteiger partial charge in [0.25, 0.3) is 0 Å². The molecule has 1 aliphatic heterocycles. The van der Waals surface area contributed by atoms with E-state index < -0.39 is 9.84 Å². The number of sulfone groups is 1. The molecule has 1 aromatic heterocycles. The maximum atomic E-state index is 14.5. The molecular formula is C18H25FIN5O2S. The van der Waals surface area contributed by atoms with Crippen molar-refractivity contribution in [2.45, 2.75) is 32.9 Å². The maximum absolute atomic E-state index is 14.5. The molecule has 0 saturated carbocycles. The molecule has 0 amide bonds. The number of nitrogens with zero attached hydrogens (tertiary/aromatic N) is 3. The lowest BCUT2D eigenvalue weighted by Gasteiger charge is -2.16. The summed E-state index contributed by atoms with van der Waals surface area (Å²) < 4.78 is 39.4. The van der Waals surface area contributed by atoms with Crippen LogP contribution >= 0.6 is 24.0 Å². The Balaban J connectivity index is 0.00000280. The number of benzene rings is 1. The van der Waals surface area contributed by atoms with Crippen molar-refractivity contribution in [3.63, 3.8) is 0 Å². The predicted octanol–water partition coefficient (Wildman–Crippen LogP) is 2.18. The zero-order valence-corrected chi connectivity index (χ0v) is 19.0. The van der Waals surface area contributed by atoms with Crippen molar-refractivity contribution < 1.29 is 12.8 Å². The largest absolute Gasteiger partial charge is 0.357 e. The van der Waals surface area contributed by atoms with Crippen molar-refractivity contribution in [3.05, 3.63) is 47.8 Å². The first-order valence-corrected chi connectivity index (χ1v) is 10.7. The van der Waals surface area contributed by atoms with Crippen LogP contribution in [0.1, 0.15) is 24.7 Å². The molecule has 0 aliphatic carbocycles. The lowest BCUT2D eigenvalue weighted by atomic mass is 10.2. The summed E-state index contributed by atoms with van der Waals surface area (Å²) >= 11 is 0. The Morgan fingerprint density at radius 3 is 2.79 bits per heavy atom. The van der Waals surface area contributed by atoms with Gasteiger partial charge in [0.15, 0.2) is 15.8 Å². The first-order valence-electron chi connectivity index (χ1n) is 8.92. The zero-order valence-electron chi connectivity index (χ0n) is 15.9. The van der Waals surface area contributed by atoms with E-state index >= 15 is 0 Å². The standard InChI is InChI=1S/C18H24FN5O2S.HI/c1-3-20-18(23-15-6-9-27(25,26)12-15)22-11-14-4-5-17(16(19)10-14)24-8-7-21-13(24)2;/h4-5,7-8,10,15H,3,6,9,11-12H2,1-2H3,(H2,20,22,23);1H. The third kappa shape index (κ3) is 5.66. The van der Waals surface area contributed by atoms with Crippen LogP contribution in [0.4, 0.5) is 4.39 Å². The quantitative estimate of drug-likeness (QED) is 0.358. The fourth-order valence-corrected chi connectivity index (χ4v) is 4.74. The lowest BCUT2D eigenvalue weighted by molar-refractivity contribution is 0.599. The highest BCUT2D eigenvalue weighted by atomic mass is 127. The van der Waals surface area contributed by atoms with E-state index in [1.165, 1.54) is 6.07 Å². The van der Waals surface area contributed by atoms with Gasteiger partial charge in [0.1, 0.15) is 11.6 Å². The van der Waals surface area contributed by atoms with Crippen molar-refractivity contribution in [2.75, 3.05) is 18.1 Å². The van der Waals surface area contributed by atoms with Crippen molar-refractivity contribution in [3.8, 4) is 5.69 Å². The number of imidazole rings is 1. The second-order valence-corrected chi connectivity index (χ2v) is 8.80. The van der Waals surface area contributed by atoms with E-state index in [9.17, 15) is 12.8 Å². The normalized spacial score (nSPS) is 18.5. The summed E-state index contributed by atoms with van der Waals surface area (Å²) in [6.45, 7) is 4.69. The Hall–Kier alpha value is -1.69. The molecule has 1 fully saturated rings. The van der Waals surface area contributed by atoms with Crippen LogP contribution in [0.3, 0.4) is 0 Å². The number of aliphatic imine (C=N–C) groups is 1. The van der Waals surface area contributed by atoms with Crippen LogP contribution in [-0.2, 0) is 16.4 Å². The number of nitrogens with one attached hydrogen (secondary N) is 2. The van der Waals surface area contributed by atoms with Gasteiger partial charge in [-0.1, -0.05) is 6.07 Å². The first-order chi connectivity index (χ1) is 12.9. The topological polar surface area (TPSA) is 88.4 Å². The molecule has 0 bridgehead atoms. The molecule has 1 aliphatic rings. The highest BCUT2D eigenvalue weighted by Crippen LogP contribution is 2.17. The van der Waals surface area contributed by atoms with Crippen molar-refractivity contribution in [1.29, 1.82) is 0 Å². The van der Waals surface area contributed by atoms with E-state index in [0.29, 0.717) is 30.4 Å². The Morgan fingerprint density at radius 2 is 2.21 bits per heavy atom. The number of guanidine groups is 1. The minimum absolute atomic E-state index is 0. The third-order valence-corrected chi connectivity index (χ3v) is 6.20. The average molecular weight is 521 g/mol. The van der Waals surface area contributed by atoms with Gasteiger partial charge in [-0.05, 0) is 38.0 Å². The molecular weight excluding hydrogens is 496 g/mol. The number of rotatable bonds is 5. The molecule has 28 heavy (non-hydrogen) atoms. The van der Waals surface area contributed by atoms with Gasteiger partial charge in [-0.2, -0.15) is 0 Å². The number of halogens is 2. The van der Waals surface area contributed by atoms with E-state index in [4.69, 9.17) is 0 Å². The number of hydrogen-bond donors (Lipinski definition) is 2. The smallest absolute Gasteiger partial charge is 0.191 e. The molecule has 1 aromatic carbocycles. The lowest BCUT2D eigenvalue weighted by Crippen LogP contribution is -2.44.